The number of ether oxygens (including phenoxy) is 1. The maximum Gasteiger partial charge on any atom is 0.119 e. The minimum Gasteiger partial charge on any atom is -0.493 e. The van der Waals surface area contributed by atoms with Crippen molar-refractivity contribution in [1.82, 2.24) is 9.97 Å². The second-order valence-corrected chi connectivity index (χ2v) is 5.17. The largest absolute Gasteiger partial charge is 0.493 e. The van der Waals surface area contributed by atoms with E-state index >= 15 is 0 Å². The van der Waals surface area contributed by atoms with Gasteiger partial charge in [-0.15, -0.1) is 0 Å². The second-order valence-electron chi connectivity index (χ2n) is 4.26. The molecule has 4 heteroatoms. The number of fused-ring (bicyclic) bond motifs is 1. The molecule has 0 atom stereocenters. The number of nitrogens with zero attached hydrogens (tertiary/aromatic N) is 1. The molecule has 0 fully saturated rings. The number of nitrogens with one attached hydrogen (secondary N) is 1. The van der Waals surface area contributed by atoms with Crippen LogP contribution in [0.2, 0.25) is 0 Å². The third-order valence-corrected chi connectivity index (χ3v) is 3.34. The summed E-state index contributed by atoms with van der Waals surface area (Å²) in [6.45, 7) is 0.616. The van der Waals surface area contributed by atoms with Gasteiger partial charge in [0.05, 0.1) is 17.6 Å². The van der Waals surface area contributed by atoms with Crippen LogP contribution in [0.5, 0.6) is 5.75 Å². The quantitative estimate of drug-likeness (QED) is 0.791. The summed E-state index contributed by atoms with van der Waals surface area (Å²) in [4.78, 5) is 7.83. The van der Waals surface area contributed by atoms with Crippen molar-refractivity contribution < 1.29 is 4.74 Å². The third kappa shape index (κ3) is 2.96. The smallest absolute Gasteiger partial charge is 0.119 e. The first kappa shape index (κ1) is 12.2. The van der Waals surface area contributed by atoms with Crippen molar-refractivity contribution >= 4 is 27.0 Å². The van der Waals surface area contributed by atoms with Crippen molar-refractivity contribution in [2.45, 2.75) is 6.42 Å². The van der Waals surface area contributed by atoms with Gasteiger partial charge in [-0.25, -0.2) is 4.98 Å². The Morgan fingerprint density at radius 2 is 1.95 bits per heavy atom. The summed E-state index contributed by atoms with van der Waals surface area (Å²) in [6, 6.07) is 15.8. The molecule has 1 N–H and O–H groups in total. The first-order chi connectivity index (χ1) is 9.31. The topological polar surface area (TPSA) is 37.9 Å². The van der Waals surface area contributed by atoms with Gasteiger partial charge in [-0.1, -0.05) is 34.1 Å². The lowest BCUT2D eigenvalue weighted by Gasteiger charge is -2.03. The second kappa shape index (κ2) is 5.45. The summed E-state index contributed by atoms with van der Waals surface area (Å²) < 4.78 is 6.71. The number of halogens is 1. The minimum atomic E-state index is 0.616. The molecule has 19 heavy (non-hydrogen) atoms. The highest BCUT2D eigenvalue weighted by molar-refractivity contribution is 9.10. The molecule has 0 radical (unpaired) electrons. The summed E-state index contributed by atoms with van der Waals surface area (Å²) in [5.41, 5.74) is 2.03. The molecule has 3 nitrogen and oxygen atoms in total. The van der Waals surface area contributed by atoms with Crippen LogP contribution in [-0.2, 0) is 6.42 Å². The number of hydrogen-bond acceptors (Lipinski definition) is 2. The lowest BCUT2D eigenvalue weighted by molar-refractivity contribution is 0.319. The van der Waals surface area contributed by atoms with Crippen LogP contribution >= 0.6 is 15.9 Å². The number of imidazole rings is 1. The predicted octanol–water partition coefficient (Wildman–Crippen LogP) is 3.95. The number of para-hydroxylation sites is 1. The summed E-state index contributed by atoms with van der Waals surface area (Å²) in [6.07, 6.45) is 0.765. The SMILES string of the molecule is Brc1ccc2nc(CCOc3ccccc3)[nH]c2c1. The van der Waals surface area contributed by atoms with E-state index in [4.69, 9.17) is 4.74 Å². The number of benzene rings is 2. The zero-order valence-corrected chi connectivity index (χ0v) is 11.9. The molecular formula is C15H13BrN2O. The Bertz CT molecular complexity index is 679. The summed E-state index contributed by atoms with van der Waals surface area (Å²) in [5.74, 6) is 1.84. The summed E-state index contributed by atoms with van der Waals surface area (Å²) >= 11 is 3.45. The van der Waals surface area contributed by atoms with Crippen LogP contribution in [0.3, 0.4) is 0 Å². The number of hydrogen-bond donors (Lipinski definition) is 1. The summed E-state index contributed by atoms with van der Waals surface area (Å²) in [5, 5.41) is 0. The highest BCUT2D eigenvalue weighted by atomic mass is 79.9. The van der Waals surface area contributed by atoms with Crippen molar-refractivity contribution in [2.24, 2.45) is 0 Å². The van der Waals surface area contributed by atoms with Crippen LogP contribution in [0, 0.1) is 0 Å². The predicted molar refractivity (Wildman–Crippen MR) is 79.4 cm³/mol. The molecule has 0 amide bonds. The average Bonchev–Trinajstić information content (AvgIpc) is 2.82. The fourth-order valence-electron chi connectivity index (χ4n) is 1.94. The normalized spacial score (nSPS) is 10.8. The molecule has 0 saturated carbocycles. The van der Waals surface area contributed by atoms with E-state index in [1.807, 2.05) is 48.5 Å². The molecule has 0 unspecified atom stereocenters. The zero-order valence-electron chi connectivity index (χ0n) is 10.3. The van der Waals surface area contributed by atoms with Crippen molar-refractivity contribution in [3.05, 3.63) is 58.8 Å². The van der Waals surface area contributed by atoms with Crippen LogP contribution in [0.4, 0.5) is 0 Å². The Kier molecular flexibility index (Phi) is 3.51. The minimum absolute atomic E-state index is 0.616. The van der Waals surface area contributed by atoms with Crippen LogP contribution in [0.15, 0.2) is 53.0 Å². The van der Waals surface area contributed by atoms with E-state index in [-0.39, 0.29) is 0 Å². The first-order valence-electron chi connectivity index (χ1n) is 6.13. The standard InChI is InChI=1S/C15H13BrN2O/c16-11-6-7-13-14(10-11)18-15(17-13)8-9-19-12-4-2-1-3-5-12/h1-7,10H,8-9H2,(H,17,18). The van der Waals surface area contributed by atoms with Gasteiger partial charge >= 0.3 is 0 Å². The van der Waals surface area contributed by atoms with E-state index in [0.29, 0.717) is 6.61 Å². The maximum absolute atomic E-state index is 5.66. The highest BCUT2D eigenvalue weighted by Crippen LogP contribution is 2.18. The van der Waals surface area contributed by atoms with Crippen molar-refractivity contribution in [3.8, 4) is 5.75 Å². The van der Waals surface area contributed by atoms with E-state index in [2.05, 4.69) is 25.9 Å². The van der Waals surface area contributed by atoms with E-state index in [1.165, 1.54) is 0 Å². The molecule has 96 valence electrons. The van der Waals surface area contributed by atoms with E-state index in [0.717, 1.165) is 33.5 Å². The zero-order chi connectivity index (χ0) is 13.1. The van der Waals surface area contributed by atoms with Gasteiger partial charge in [0.2, 0.25) is 0 Å². The number of rotatable bonds is 4. The lowest BCUT2D eigenvalue weighted by atomic mass is 10.3. The van der Waals surface area contributed by atoms with Gasteiger partial charge in [0, 0.05) is 10.9 Å². The Morgan fingerprint density at radius 1 is 1.11 bits per heavy atom. The van der Waals surface area contributed by atoms with Crippen LogP contribution < -0.4 is 4.74 Å². The third-order valence-electron chi connectivity index (χ3n) is 2.84. The Morgan fingerprint density at radius 3 is 2.79 bits per heavy atom. The van der Waals surface area contributed by atoms with Gasteiger partial charge in [-0.05, 0) is 30.3 Å². The van der Waals surface area contributed by atoms with E-state index in [9.17, 15) is 0 Å². The first-order valence-corrected chi connectivity index (χ1v) is 6.92. The lowest BCUT2D eigenvalue weighted by Crippen LogP contribution is -2.02. The molecule has 1 heterocycles. The van der Waals surface area contributed by atoms with Crippen LogP contribution in [-0.4, -0.2) is 16.6 Å². The molecule has 2 aromatic carbocycles. The molecule has 3 aromatic rings. The molecular weight excluding hydrogens is 304 g/mol. The highest BCUT2D eigenvalue weighted by Gasteiger charge is 2.03. The molecule has 0 aliphatic heterocycles. The number of aromatic amines is 1. The number of H-pyrrole nitrogens is 1. The molecule has 1 aromatic heterocycles. The fraction of sp³-hybridized carbons (Fsp3) is 0.133. The van der Waals surface area contributed by atoms with Gasteiger partial charge in [0.25, 0.3) is 0 Å². The van der Waals surface area contributed by atoms with Crippen molar-refractivity contribution in [1.29, 1.82) is 0 Å². The maximum atomic E-state index is 5.66. The number of aromatic nitrogens is 2. The molecule has 0 aliphatic carbocycles. The van der Waals surface area contributed by atoms with Gasteiger partial charge in [0.15, 0.2) is 0 Å². The molecule has 0 spiro atoms. The average molecular weight is 317 g/mol. The van der Waals surface area contributed by atoms with Crippen molar-refractivity contribution in [2.75, 3.05) is 6.61 Å². The monoisotopic (exact) mass is 316 g/mol. The van der Waals surface area contributed by atoms with E-state index in [1.54, 1.807) is 0 Å². The van der Waals surface area contributed by atoms with Gasteiger partial charge in [-0.3, -0.25) is 0 Å². The van der Waals surface area contributed by atoms with Crippen LogP contribution in [0.25, 0.3) is 11.0 Å². The molecule has 3 rings (SSSR count). The fourth-order valence-corrected chi connectivity index (χ4v) is 2.30. The van der Waals surface area contributed by atoms with E-state index < -0.39 is 0 Å². The Hall–Kier alpha value is -1.81. The van der Waals surface area contributed by atoms with Gasteiger partial charge in [0.1, 0.15) is 11.6 Å². The molecule has 0 aliphatic rings. The molecule has 0 bridgehead atoms. The van der Waals surface area contributed by atoms with Crippen LogP contribution in [0.1, 0.15) is 5.82 Å². The van der Waals surface area contributed by atoms with Crippen molar-refractivity contribution in [3.63, 3.8) is 0 Å². The molecule has 0 saturated heterocycles. The Balaban J connectivity index is 1.65. The Labute approximate surface area is 119 Å². The summed E-state index contributed by atoms with van der Waals surface area (Å²) in [7, 11) is 0. The van der Waals surface area contributed by atoms with Gasteiger partial charge in [-0.2, -0.15) is 0 Å². The van der Waals surface area contributed by atoms with Gasteiger partial charge < -0.3 is 9.72 Å².